The van der Waals surface area contributed by atoms with E-state index in [1.165, 1.54) is 7.11 Å². The normalized spacial score (nSPS) is 11.8. The smallest absolute Gasteiger partial charge is 0.328 e. The number of hydrogen-bond acceptors (Lipinski definition) is 4. The molecule has 0 unspecified atom stereocenters. The number of rotatable bonds is 7. The highest BCUT2D eigenvalue weighted by atomic mass is 16.5. The monoisotopic (exact) mass is 412 g/mol. The Morgan fingerprint density at radius 3 is 2.06 bits per heavy atom. The van der Waals surface area contributed by atoms with Crippen LogP contribution in [-0.4, -0.2) is 25.0 Å². The maximum atomic E-state index is 13.6. The fraction of sp³-hybridized carbons (Fsp3) is 0.192. The van der Waals surface area contributed by atoms with E-state index in [0.29, 0.717) is 5.56 Å². The van der Waals surface area contributed by atoms with Crippen LogP contribution in [0.1, 0.15) is 29.2 Å². The third kappa shape index (κ3) is 4.81. The number of amides is 1. The quantitative estimate of drug-likeness (QED) is 0.599. The van der Waals surface area contributed by atoms with Gasteiger partial charge < -0.3 is 10.1 Å². The van der Waals surface area contributed by atoms with Crippen molar-refractivity contribution in [3.8, 4) is 6.07 Å². The first kappa shape index (κ1) is 21.8. The number of nitrogens with one attached hydrogen (secondary N) is 1. The molecule has 1 amide bonds. The second-order valence-electron chi connectivity index (χ2n) is 7.42. The number of methoxy groups -OCH3 is 1. The standard InChI is InChI=1S/C26H24N2O3/c1-26(21-12-5-3-6-13-21,22-14-7-4-8-15-22)25(30)28-23(24(29)31-2)17-19-10-9-11-20(16-19)18-27/h3-16,23H,17H2,1-2H3,(H,28,30)/t23-/m1/s1. The molecule has 3 aromatic carbocycles. The Bertz CT molecular complexity index is 1050. The van der Waals surface area contributed by atoms with Crippen molar-refractivity contribution in [1.29, 1.82) is 5.26 Å². The van der Waals surface area contributed by atoms with Gasteiger partial charge >= 0.3 is 5.97 Å². The van der Waals surface area contributed by atoms with Crippen LogP contribution in [-0.2, 0) is 26.2 Å². The zero-order valence-electron chi connectivity index (χ0n) is 17.5. The number of nitriles is 1. The minimum absolute atomic E-state index is 0.216. The molecule has 1 N–H and O–H groups in total. The largest absolute Gasteiger partial charge is 0.467 e. The molecule has 0 aromatic heterocycles. The van der Waals surface area contributed by atoms with Crippen LogP contribution in [0.2, 0.25) is 0 Å². The van der Waals surface area contributed by atoms with E-state index in [-0.39, 0.29) is 12.3 Å². The molecular formula is C26H24N2O3. The van der Waals surface area contributed by atoms with Crippen molar-refractivity contribution in [2.24, 2.45) is 0 Å². The van der Waals surface area contributed by atoms with E-state index in [1.807, 2.05) is 73.7 Å². The molecule has 1 atom stereocenters. The molecular weight excluding hydrogens is 388 g/mol. The van der Waals surface area contributed by atoms with Gasteiger partial charge in [0.05, 0.1) is 24.2 Å². The van der Waals surface area contributed by atoms with Gasteiger partial charge in [-0.15, -0.1) is 0 Å². The molecule has 3 aromatic rings. The van der Waals surface area contributed by atoms with Crippen LogP contribution < -0.4 is 5.32 Å². The van der Waals surface area contributed by atoms with Crippen LogP contribution in [0.5, 0.6) is 0 Å². The summed E-state index contributed by atoms with van der Waals surface area (Å²) in [6, 6.07) is 27.1. The summed E-state index contributed by atoms with van der Waals surface area (Å²) < 4.78 is 4.95. The van der Waals surface area contributed by atoms with Gasteiger partial charge in [-0.2, -0.15) is 5.26 Å². The first-order valence-electron chi connectivity index (χ1n) is 9.98. The zero-order valence-corrected chi connectivity index (χ0v) is 17.5. The van der Waals surface area contributed by atoms with Gasteiger partial charge in [0, 0.05) is 6.42 Å². The molecule has 3 rings (SSSR count). The SMILES string of the molecule is COC(=O)[C@@H](Cc1cccc(C#N)c1)NC(=O)C(C)(c1ccccc1)c1ccccc1. The highest BCUT2D eigenvalue weighted by Gasteiger charge is 2.39. The molecule has 5 nitrogen and oxygen atoms in total. The molecule has 5 heteroatoms. The Morgan fingerprint density at radius 2 is 1.55 bits per heavy atom. The van der Waals surface area contributed by atoms with Crippen molar-refractivity contribution in [3.05, 3.63) is 107 Å². The summed E-state index contributed by atoms with van der Waals surface area (Å²) in [5, 5.41) is 12.0. The van der Waals surface area contributed by atoms with E-state index >= 15 is 0 Å². The molecule has 0 aliphatic heterocycles. The maximum Gasteiger partial charge on any atom is 0.328 e. The van der Waals surface area contributed by atoms with Gasteiger partial charge in [0.2, 0.25) is 5.91 Å². The topological polar surface area (TPSA) is 79.2 Å². The first-order chi connectivity index (χ1) is 15.0. The first-order valence-corrected chi connectivity index (χ1v) is 9.98. The van der Waals surface area contributed by atoms with Gasteiger partial charge in [0.15, 0.2) is 0 Å². The molecule has 0 heterocycles. The van der Waals surface area contributed by atoms with Crippen LogP contribution in [0.15, 0.2) is 84.9 Å². The molecule has 31 heavy (non-hydrogen) atoms. The van der Waals surface area contributed by atoms with E-state index in [0.717, 1.165) is 16.7 Å². The van der Waals surface area contributed by atoms with Crippen molar-refractivity contribution < 1.29 is 14.3 Å². The lowest BCUT2D eigenvalue weighted by atomic mass is 9.75. The van der Waals surface area contributed by atoms with E-state index in [1.54, 1.807) is 18.2 Å². The predicted octanol–water partition coefficient (Wildman–Crippen LogP) is 3.76. The Hall–Kier alpha value is -3.91. The van der Waals surface area contributed by atoms with Crippen molar-refractivity contribution in [2.75, 3.05) is 7.11 Å². The molecule has 0 aliphatic carbocycles. The summed E-state index contributed by atoms with van der Waals surface area (Å²) in [4.78, 5) is 26.1. The van der Waals surface area contributed by atoms with Gasteiger partial charge in [-0.25, -0.2) is 4.79 Å². The van der Waals surface area contributed by atoms with E-state index in [4.69, 9.17) is 10.00 Å². The number of esters is 1. The number of ether oxygens (including phenoxy) is 1. The predicted molar refractivity (Wildman–Crippen MR) is 118 cm³/mol. The van der Waals surface area contributed by atoms with E-state index in [9.17, 15) is 9.59 Å². The summed E-state index contributed by atoms with van der Waals surface area (Å²) in [6.07, 6.45) is 0.216. The minimum Gasteiger partial charge on any atom is -0.467 e. The number of carbonyl (C=O) groups excluding carboxylic acids is 2. The highest BCUT2D eigenvalue weighted by molar-refractivity contribution is 5.94. The van der Waals surface area contributed by atoms with E-state index in [2.05, 4.69) is 11.4 Å². The number of benzene rings is 3. The Balaban J connectivity index is 1.96. The molecule has 156 valence electrons. The second kappa shape index (κ2) is 9.73. The Kier molecular flexibility index (Phi) is 6.84. The Labute approximate surface area is 182 Å². The van der Waals surface area contributed by atoms with Crippen molar-refractivity contribution in [3.63, 3.8) is 0 Å². The average Bonchev–Trinajstić information content (AvgIpc) is 2.83. The summed E-state index contributed by atoms with van der Waals surface area (Å²) in [5.41, 5.74) is 1.87. The highest BCUT2D eigenvalue weighted by Crippen LogP contribution is 2.32. The lowest BCUT2D eigenvalue weighted by molar-refractivity contribution is -0.145. The maximum absolute atomic E-state index is 13.6. The average molecular weight is 412 g/mol. The summed E-state index contributed by atoms with van der Waals surface area (Å²) in [5.74, 6) is -0.851. The second-order valence-corrected chi connectivity index (χ2v) is 7.42. The van der Waals surface area contributed by atoms with Crippen LogP contribution in [0.25, 0.3) is 0 Å². The van der Waals surface area contributed by atoms with E-state index < -0.39 is 17.4 Å². The van der Waals surface area contributed by atoms with Gasteiger partial charge in [0.1, 0.15) is 6.04 Å². The lowest BCUT2D eigenvalue weighted by Crippen LogP contribution is -2.51. The molecule has 0 radical (unpaired) electrons. The molecule has 0 bridgehead atoms. The number of carbonyl (C=O) groups is 2. The van der Waals surface area contributed by atoms with Gasteiger partial charge in [-0.05, 0) is 35.7 Å². The summed E-state index contributed by atoms with van der Waals surface area (Å²) in [6.45, 7) is 1.84. The fourth-order valence-corrected chi connectivity index (χ4v) is 3.61. The summed E-state index contributed by atoms with van der Waals surface area (Å²) >= 11 is 0. The fourth-order valence-electron chi connectivity index (χ4n) is 3.61. The van der Waals surface area contributed by atoms with Gasteiger partial charge in [0.25, 0.3) is 0 Å². The minimum atomic E-state index is -1.01. The van der Waals surface area contributed by atoms with Crippen LogP contribution >= 0.6 is 0 Å². The third-order valence-corrected chi connectivity index (χ3v) is 5.44. The molecule has 0 aliphatic rings. The molecule has 0 spiro atoms. The molecule has 0 saturated heterocycles. The Morgan fingerprint density at radius 1 is 0.968 bits per heavy atom. The van der Waals surface area contributed by atoms with Crippen molar-refractivity contribution in [1.82, 2.24) is 5.32 Å². The van der Waals surface area contributed by atoms with Crippen molar-refractivity contribution in [2.45, 2.75) is 24.8 Å². The van der Waals surface area contributed by atoms with Crippen LogP contribution in [0.4, 0.5) is 0 Å². The lowest BCUT2D eigenvalue weighted by Gasteiger charge is -2.31. The van der Waals surface area contributed by atoms with Crippen LogP contribution in [0.3, 0.4) is 0 Å². The van der Waals surface area contributed by atoms with Gasteiger partial charge in [-0.1, -0.05) is 72.8 Å². The third-order valence-electron chi connectivity index (χ3n) is 5.44. The molecule has 0 fully saturated rings. The number of hydrogen-bond donors (Lipinski definition) is 1. The van der Waals surface area contributed by atoms with Crippen LogP contribution in [0, 0.1) is 11.3 Å². The number of nitrogens with zero attached hydrogens (tertiary/aromatic N) is 1. The summed E-state index contributed by atoms with van der Waals surface area (Å²) in [7, 11) is 1.29. The van der Waals surface area contributed by atoms with Gasteiger partial charge in [-0.3, -0.25) is 4.79 Å². The zero-order chi connectivity index (χ0) is 22.3. The molecule has 0 saturated carbocycles. The van der Waals surface area contributed by atoms with Crippen molar-refractivity contribution >= 4 is 11.9 Å².